The highest BCUT2D eigenvalue weighted by Crippen LogP contribution is 2.30. The van der Waals surface area contributed by atoms with E-state index in [2.05, 4.69) is 5.32 Å². The Kier molecular flexibility index (Phi) is 5.31. The number of hydrogen-bond donors (Lipinski definition) is 3. The molecule has 22 heavy (non-hydrogen) atoms. The maximum absolute atomic E-state index is 12.5. The fourth-order valence-corrected chi connectivity index (χ4v) is 2.86. The van der Waals surface area contributed by atoms with Crippen LogP contribution in [0.3, 0.4) is 0 Å². The van der Waals surface area contributed by atoms with Gasteiger partial charge < -0.3 is 16.2 Å². The van der Waals surface area contributed by atoms with Crippen molar-refractivity contribution in [3.05, 3.63) is 51.4 Å². The molecule has 0 aliphatic rings. The van der Waals surface area contributed by atoms with Gasteiger partial charge in [-0.05, 0) is 37.3 Å². The van der Waals surface area contributed by atoms with Gasteiger partial charge in [-0.25, -0.2) is 0 Å². The third-order valence-corrected chi connectivity index (χ3v) is 4.19. The minimum atomic E-state index is -1.03. The normalized spacial score (nSPS) is 12.0. The lowest BCUT2D eigenvalue weighted by molar-refractivity contribution is -0.118. The van der Waals surface area contributed by atoms with Crippen molar-refractivity contribution in [1.82, 2.24) is 0 Å². The molecule has 0 spiro atoms. The second-order valence-electron chi connectivity index (χ2n) is 4.71. The summed E-state index contributed by atoms with van der Waals surface area (Å²) < 4.78 is 0. The number of carbonyl (C=O) groups is 2. The molecule has 7 heteroatoms. The topological polar surface area (TPSA) is 92.4 Å². The Hall–Kier alpha value is -1.73. The molecule has 0 aliphatic heterocycles. The monoisotopic (exact) mass is 338 g/mol. The van der Waals surface area contributed by atoms with Crippen molar-refractivity contribution in [3.63, 3.8) is 0 Å². The molecule has 0 unspecified atom stereocenters. The molecule has 2 rings (SSSR count). The minimum absolute atomic E-state index is 0.214. The van der Waals surface area contributed by atoms with Crippen molar-refractivity contribution in [3.8, 4) is 0 Å². The van der Waals surface area contributed by atoms with Gasteiger partial charge in [0.05, 0.1) is 12.2 Å². The van der Waals surface area contributed by atoms with Gasteiger partial charge in [-0.2, -0.15) is 0 Å². The molecule has 0 fully saturated rings. The van der Waals surface area contributed by atoms with Gasteiger partial charge in [-0.3, -0.25) is 9.59 Å². The van der Waals surface area contributed by atoms with E-state index in [4.69, 9.17) is 22.4 Å². The van der Waals surface area contributed by atoms with Gasteiger partial charge in [0.15, 0.2) is 5.78 Å². The molecule has 0 aliphatic carbocycles. The van der Waals surface area contributed by atoms with E-state index >= 15 is 0 Å². The van der Waals surface area contributed by atoms with Gasteiger partial charge in [0.1, 0.15) is 11.0 Å². The van der Waals surface area contributed by atoms with Crippen molar-refractivity contribution in [1.29, 1.82) is 0 Å². The van der Waals surface area contributed by atoms with Crippen LogP contribution in [0.25, 0.3) is 0 Å². The number of anilines is 1. The summed E-state index contributed by atoms with van der Waals surface area (Å²) in [6, 6.07) is 7.20. The molecule has 0 saturated heterocycles. The van der Waals surface area contributed by atoms with Gasteiger partial charge in [-0.15, -0.1) is 11.3 Å². The number of rotatable bonds is 5. The summed E-state index contributed by atoms with van der Waals surface area (Å²) in [5.74, 6) is -0.747. The zero-order chi connectivity index (χ0) is 16.3. The predicted molar refractivity (Wildman–Crippen MR) is 87.6 cm³/mol. The Bertz CT molecular complexity index is 697. The Morgan fingerprint density at radius 2 is 2.00 bits per heavy atom. The van der Waals surface area contributed by atoms with Crippen molar-refractivity contribution in [2.45, 2.75) is 13.0 Å². The van der Waals surface area contributed by atoms with E-state index in [-0.39, 0.29) is 5.78 Å². The number of amides is 1. The lowest BCUT2D eigenvalue weighted by Gasteiger charge is -2.09. The first-order valence-corrected chi connectivity index (χ1v) is 7.70. The third kappa shape index (κ3) is 3.72. The first kappa shape index (κ1) is 16.6. The second-order valence-corrected chi connectivity index (χ2v) is 6.41. The number of nitrogens with one attached hydrogen (secondary N) is 1. The average Bonchev–Trinajstić information content (AvgIpc) is 2.86. The Morgan fingerprint density at radius 1 is 1.36 bits per heavy atom. The Morgan fingerprint density at radius 3 is 2.59 bits per heavy atom. The number of hydrogen-bond acceptors (Lipinski definition) is 5. The molecular weight excluding hydrogens is 324 g/mol. The van der Waals surface area contributed by atoms with Crippen molar-refractivity contribution < 1.29 is 14.7 Å². The second kappa shape index (κ2) is 7.02. The molecule has 1 amide bonds. The maximum Gasteiger partial charge on any atom is 0.244 e. The molecule has 1 heterocycles. The molecule has 0 bridgehead atoms. The van der Waals surface area contributed by atoms with Crippen LogP contribution < -0.4 is 11.1 Å². The maximum atomic E-state index is 12.5. The number of aliphatic hydroxyl groups is 1. The smallest absolute Gasteiger partial charge is 0.244 e. The largest absolute Gasteiger partial charge is 0.394 e. The summed E-state index contributed by atoms with van der Waals surface area (Å²) in [6.07, 6.45) is 0. The molecule has 0 radical (unpaired) electrons. The number of aliphatic hydroxyl groups excluding tert-OH is 1. The number of ketones is 1. The van der Waals surface area contributed by atoms with Crippen LogP contribution in [0, 0.1) is 6.92 Å². The van der Waals surface area contributed by atoms with E-state index in [1.165, 1.54) is 11.3 Å². The Balaban J connectivity index is 2.29. The number of nitrogens with two attached hydrogens (primary N) is 1. The van der Waals surface area contributed by atoms with E-state index in [9.17, 15) is 9.59 Å². The zero-order valence-corrected chi connectivity index (χ0v) is 13.4. The molecular formula is C15H15ClN2O3S. The van der Waals surface area contributed by atoms with Crippen LogP contribution in [-0.2, 0) is 4.79 Å². The minimum Gasteiger partial charge on any atom is -0.394 e. The summed E-state index contributed by atoms with van der Waals surface area (Å²) in [5, 5.41) is 12.5. The zero-order valence-electron chi connectivity index (χ0n) is 11.8. The van der Waals surface area contributed by atoms with Crippen LogP contribution in [0.1, 0.15) is 20.8 Å². The van der Waals surface area contributed by atoms with Crippen LogP contribution in [-0.4, -0.2) is 29.4 Å². The third-order valence-electron chi connectivity index (χ3n) is 2.98. The van der Waals surface area contributed by atoms with E-state index in [0.717, 1.165) is 4.88 Å². The number of aryl methyl sites for hydroxylation is 1. The van der Waals surface area contributed by atoms with Crippen LogP contribution >= 0.6 is 22.9 Å². The van der Waals surface area contributed by atoms with E-state index in [1.807, 2.05) is 6.92 Å². The highest BCUT2D eigenvalue weighted by atomic mass is 35.5. The fourth-order valence-electron chi connectivity index (χ4n) is 1.82. The molecule has 4 N–H and O–H groups in total. The molecule has 116 valence electrons. The van der Waals surface area contributed by atoms with Crippen molar-refractivity contribution >= 4 is 39.6 Å². The molecule has 5 nitrogen and oxygen atoms in total. The highest BCUT2D eigenvalue weighted by molar-refractivity contribution is 7.16. The van der Waals surface area contributed by atoms with Crippen LogP contribution in [0.2, 0.25) is 5.02 Å². The van der Waals surface area contributed by atoms with E-state index < -0.39 is 18.6 Å². The van der Waals surface area contributed by atoms with Gasteiger partial charge in [0, 0.05) is 15.5 Å². The van der Waals surface area contributed by atoms with Crippen LogP contribution in [0.15, 0.2) is 30.3 Å². The van der Waals surface area contributed by atoms with E-state index in [1.54, 1.807) is 30.3 Å². The molecule has 1 aromatic carbocycles. The molecule has 1 aromatic heterocycles. The summed E-state index contributed by atoms with van der Waals surface area (Å²) in [4.78, 5) is 25.2. The van der Waals surface area contributed by atoms with Crippen LogP contribution in [0.5, 0.6) is 0 Å². The lowest BCUT2D eigenvalue weighted by Crippen LogP contribution is -2.38. The van der Waals surface area contributed by atoms with Gasteiger partial charge in [0.2, 0.25) is 5.91 Å². The van der Waals surface area contributed by atoms with Gasteiger partial charge >= 0.3 is 0 Å². The first-order chi connectivity index (χ1) is 10.4. The Labute approximate surface area is 136 Å². The number of thiophene rings is 1. The first-order valence-electron chi connectivity index (χ1n) is 6.50. The predicted octanol–water partition coefficient (Wildman–Crippen LogP) is 2.20. The van der Waals surface area contributed by atoms with Crippen LogP contribution in [0.4, 0.5) is 5.00 Å². The summed E-state index contributed by atoms with van der Waals surface area (Å²) in [6.45, 7) is 1.38. The average molecular weight is 339 g/mol. The van der Waals surface area contributed by atoms with Crippen molar-refractivity contribution in [2.24, 2.45) is 5.73 Å². The molecule has 2 aromatic rings. The number of carbonyl (C=O) groups excluding carboxylic acids is 2. The summed E-state index contributed by atoms with van der Waals surface area (Å²) >= 11 is 7.09. The SMILES string of the molecule is Cc1cc(C(=O)c2ccc(Cl)cc2)c(NC(=O)[C@@H](N)CO)s1. The van der Waals surface area contributed by atoms with E-state index in [0.29, 0.717) is 21.2 Å². The lowest BCUT2D eigenvalue weighted by atomic mass is 10.1. The van der Waals surface area contributed by atoms with Crippen molar-refractivity contribution in [2.75, 3.05) is 11.9 Å². The number of benzene rings is 1. The number of halogens is 1. The standard InChI is InChI=1S/C15H15ClN2O3S/c1-8-6-11(13(20)9-2-4-10(16)5-3-9)15(22-8)18-14(21)12(17)7-19/h2-6,12,19H,7,17H2,1H3,(H,18,21)/t12-/m0/s1. The molecule has 0 saturated carbocycles. The quantitative estimate of drug-likeness (QED) is 0.729. The van der Waals surface area contributed by atoms with Gasteiger partial charge in [0.25, 0.3) is 0 Å². The molecule has 1 atom stereocenters. The summed E-state index contributed by atoms with van der Waals surface area (Å²) in [7, 11) is 0. The van der Waals surface area contributed by atoms with Gasteiger partial charge in [-0.1, -0.05) is 11.6 Å². The fraction of sp³-hybridized carbons (Fsp3) is 0.200. The summed E-state index contributed by atoms with van der Waals surface area (Å²) in [5.41, 5.74) is 6.34. The highest BCUT2D eigenvalue weighted by Gasteiger charge is 2.20.